The predicted octanol–water partition coefficient (Wildman–Crippen LogP) is 1.98. The summed E-state index contributed by atoms with van der Waals surface area (Å²) < 4.78 is 23.8. The molecule has 4 atom stereocenters. The number of benzene rings is 1. The van der Waals surface area contributed by atoms with Crippen molar-refractivity contribution in [1.29, 1.82) is 0 Å². The normalized spacial score (nSPS) is 22.8. The van der Waals surface area contributed by atoms with Crippen LogP contribution in [0.1, 0.15) is 39.0 Å². The number of aromatic nitrogens is 1. The van der Waals surface area contributed by atoms with Crippen molar-refractivity contribution in [3.8, 4) is 0 Å². The second kappa shape index (κ2) is 9.82. The smallest absolute Gasteiger partial charge is 0.307 e. The quantitative estimate of drug-likeness (QED) is 0.500. The fourth-order valence-corrected chi connectivity index (χ4v) is 3.91. The SMILES string of the molecule is CC(=O)OC[C@H]1O[C@@H](n2cc(CC(=O)O)c3ccccc32)C[C@@H](OC(C)=O)[C@@H]1OC(C)=O. The molecule has 1 fully saturated rings. The number of rotatable bonds is 7. The van der Waals surface area contributed by atoms with Crippen LogP contribution in [-0.4, -0.2) is 58.5 Å². The molecule has 3 rings (SSSR count). The number of carboxylic acid groups (broad SMARTS) is 1. The molecule has 1 aliphatic rings. The monoisotopic (exact) mass is 447 g/mol. The van der Waals surface area contributed by atoms with Gasteiger partial charge in [-0.1, -0.05) is 18.2 Å². The summed E-state index contributed by atoms with van der Waals surface area (Å²) in [6.07, 6.45) is -1.80. The van der Waals surface area contributed by atoms with Crippen LogP contribution in [0, 0.1) is 0 Å². The summed E-state index contributed by atoms with van der Waals surface area (Å²) >= 11 is 0. The minimum Gasteiger partial charge on any atom is -0.481 e. The van der Waals surface area contributed by atoms with Crippen molar-refractivity contribution in [3.63, 3.8) is 0 Å². The molecule has 2 aromatic rings. The van der Waals surface area contributed by atoms with E-state index < -0.39 is 48.4 Å². The Balaban J connectivity index is 2.01. The van der Waals surface area contributed by atoms with Gasteiger partial charge < -0.3 is 28.6 Å². The lowest BCUT2D eigenvalue weighted by Crippen LogP contribution is -2.52. The van der Waals surface area contributed by atoms with Crippen LogP contribution >= 0.6 is 0 Å². The first-order chi connectivity index (χ1) is 15.2. The van der Waals surface area contributed by atoms with Crippen molar-refractivity contribution in [2.45, 2.75) is 58.2 Å². The Bertz CT molecular complexity index is 1030. The first-order valence-corrected chi connectivity index (χ1v) is 10.1. The lowest BCUT2D eigenvalue weighted by Gasteiger charge is -2.40. The van der Waals surface area contributed by atoms with Gasteiger partial charge >= 0.3 is 23.9 Å². The Kier molecular flexibility index (Phi) is 7.14. The summed E-state index contributed by atoms with van der Waals surface area (Å²) in [6.45, 7) is 3.48. The first-order valence-electron chi connectivity index (χ1n) is 10.1. The molecule has 1 saturated heterocycles. The van der Waals surface area contributed by atoms with Crippen LogP contribution < -0.4 is 0 Å². The van der Waals surface area contributed by atoms with Crippen molar-refractivity contribution in [3.05, 3.63) is 36.0 Å². The van der Waals surface area contributed by atoms with Gasteiger partial charge in [-0.15, -0.1) is 0 Å². The summed E-state index contributed by atoms with van der Waals surface area (Å²) in [5.74, 6) is -2.69. The number of fused-ring (bicyclic) bond motifs is 1. The van der Waals surface area contributed by atoms with Crippen molar-refractivity contribution in [2.75, 3.05) is 6.61 Å². The number of carbonyl (C=O) groups excluding carboxylic acids is 3. The van der Waals surface area contributed by atoms with Crippen LogP contribution in [0.5, 0.6) is 0 Å². The van der Waals surface area contributed by atoms with E-state index in [-0.39, 0.29) is 19.4 Å². The van der Waals surface area contributed by atoms with Gasteiger partial charge in [0.2, 0.25) is 0 Å². The Morgan fingerprint density at radius 3 is 2.38 bits per heavy atom. The molecule has 10 heteroatoms. The molecule has 0 bridgehead atoms. The zero-order valence-electron chi connectivity index (χ0n) is 18.0. The van der Waals surface area contributed by atoms with Gasteiger partial charge in [0.15, 0.2) is 6.10 Å². The Morgan fingerprint density at radius 2 is 1.75 bits per heavy atom. The van der Waals surface area contributed by atoms with E-state index >= 15 is 0 Å². The van der Waals surface area contributed by atoms with E-state index in [0.717, 1.165) is 10.9 Å². The summed E-state index contributed by atoms with van der Waals surface area (Å²) in [7, 11) is 0. The molecule has 0 aliphatic carbocycles. The number of carbonyl (C=O) groups is 4. The van der Waals surface area contributed by atoms with Gasteiger partial charge in [-0.25, -0.2) is 0 Å². The second-order valence-corrected chi connectivity index (χ2v) is 7.54. The van der Waals surface area contributed by atoms with Crippen molar-refractivity contribution < 1.29 is 43.2 Å². The summed E-state index contributed by atoms with van der Waals surface area (Å²) in [4.78, 5) is 46.1. The molecule has 1 aliphatic heterocycles. The number of aliphatic carboxylic acids is 1. The summed E-state index contributed by atoms with van der Waals surface area (Å²) in [6, 6.07) is 7.26. The Morgan fingerprint density at radius 1 is 1.06 bits per heavy atom. The zero-order valence-corrected chi connectivity index (χ0v) is 18.0. The summed E-state index contributed by atoms with van der Waals surface area (Å²) in [5, 5.41) is 10.0. The fraction of sp³-hybridized carbons (Fsp3) is 0.455. The van der Waals surface area contributed by atoms with Gasteiger partial charge in [0.1, 0.15) is 25.0 Å². The van der Waals surface area contributed by atoms with E-state index in [1.807, 2.05) is 24.3 Å². The standard InChI is InChI=1S/C22H25NO9/c1-12(24)29-11-19-22(31-14(3)26)18(30-13(2)25)9-20(32-19)23-10-15(8-21(27)28)16-6-4-5-7-17(16)23/h4-7,10,18-20,22H,8-9,11H2,1-3H3,(H,27,28)/t18-,19-,20-,22+/m1/s1. The maximum absolute atomic E-state index is 11.7. The molecule has 10 nitrogen and oxygen atoms in total. The maximum atomic E-state index is 11.7. The molecule has 32 heavy (non-hydrogen) atoms. The Hall–Kier alpha value is -3.40. The molecule has 0 unspecified atom stereocenters. The van der Waals surface area contributed by atoms with E-state index in [9.17, 15) is 24.3 Å². The molecule has 0 spiro atoms. The number of hydrogen-bond donors (Lipinski definition) is 1. The van der Waals surface area contributed by atoms with Crippen LogP contribution in [0.25, 0.3) is 10.9 Å². The van der Waals surface area contributed by atoms with Gasteiger partial charge in [-0.05, 0) is 11.6 Å². The maximum Gasteiger partial charge on any atom is 0.307 e. The highest BCUT2D eigenvalue weighted by molar-refractivity contribution is 5.87. The van der Waals surface area contributed by atoms with Gasteiger partial charge in [-0.2, -0.15) is 0 Å². The van der Waals surface area contributed by atoms with Gasteiger partial charge in [0, 0.05) is 38.8 Å². The number of ether oxygens (including phenoxy) is 4. The van der Waals surface area contributed by atoms with E-state index in [1.54, 1.807) is 10.8 Å². The first kappa shape index (κ1) is 23.3. The van der Waals surface area contributed by atoms with E-state index in [1.165, 1.54) is 20.8 Å². The third-order valence-corrected chi connectivity index (χ3v) is 5.04. The van der Waals surface area contributed by atoms with Gasteiger partial charge in [-0.3, -0.25) is 19.2 Å². The third-order valence-electron chi connectivity index (χ3n) is 5.04. The lowest BCUT2D eigenvalue weighted by atomic mass is 10.00. The molecule has 172 valence electrons. The Labute approximate surface area is 184 Å². The molecule has 0 amide bonds. The number of hydrogen-bond acceptors (Lipinski definition) is 8. The molecular weight excluding hydrogens is 422 g/mol. The van der Waals surface area contributed by atoms with Crippen molar-refractivity contribution >= 4 is 34.8 Å². The van der Waals surface area contributed by atoms with E-state index in [0.29, 0.717) is 5.56 Å². The van der Waals surface area contributed by atoms with E-state index in [4.69, 9.17) is 18.9 Å². The second-order valence-electron chi connectivity index (χ2n) is 7.54. The summed E-state index contributed by atoms with van der Waals surface area (Å²) in [5.41, 5.74) is 1.33. The molecule has 1 aromatic carbocycles. The fourth-order valence-electron chi connectivity index (χ4n) is 3.91. The van der Waals surface area contributed by atoms with Crippen LogP contribution in [0.2, 0.25) is 0 Å². The molecule has 0 saturated carbocycles. The van der Waals surface area contributed by atoms with Crippen LogP contribution in [0.15, 0.2) is 30.5 Å². The van der Waals surface area contributed by atoms with Crippen molar-refractivity contribution in [2.24, 2.45) is 0 Å². The molecular formula is C22H25NO9. The van der Waals surface area contributed by atoms with Crippen LogP contribution in [0.4, 0.5) is 0 Å². The minimum atomic E-state index is -0.979. The lowest BCUT2D eigenvalue weighted by molar-refractivity contribution is -0.226. The highest BCUT2D eigenvalue weighted by Gasteiger charge is 2.44. The molecule has 0 radical (unpaired) electrons. The minimum absolute atomic E-state index is 0.138. The van der Waals surface area contributed by atoms with Crippen molar-refractivity contribution in [1.82, 2.24) is 4.57 Å². The van der Waals surface area contributed by atoms with E-state index in [2.05, 4.69) is 0 Å². The zero-order chi connectivity index (χ0) is 23.4. The molecule has 1 aromatic heterocycles. The van der Waals surface area contributed by atoms with Crippen LogP contribution in [-0.2, 0) is 44.5 Å². The van der Waals surface area contributed by atoms with Gasteiger partial charge in [0.25, 0.3) is 0 Å². The topological polar surface area (TPSA) is 130 Å². The highest BCUT2D eigenvalue weighted by Crippen LogP contribution is 2.35. The number of carboxylic acids is 1. The van der Waals surface area contributed by atoms with Crippen LogP contribution in [0.3, 0.4) is 0 Å². The average Bonchev–Trinajstić information content (AvgIpc) is 3.05. The number of esters is 3. The molecule has 2 heterocycles. The average molecular weight is 447 g/mol. The third kappa shape index (κ3) is 5.44. The predicted molar refractivity (Wildman–Crippen MR) is 110 cm³/mol. The largest absolute Gasteiger partial charge is 0.481 e. The number of nitrogens with zero attached hydrogens (tertiary/aromatic N) is 1. The van der Waals surface area contributed by atoms with Gasteiger partial charge in [0.05, 0.1) is 11.9 Å². The number of para-hydroxylation sites is 1. The highest BCUT2D eigenvalue weighted by atomic mass is 16.6. The molecule has 1 N–H and O–H groups in total.